The maximum atomic E-state index is 12.6. The largest absolute Gasteiger partial charge is 0.480 e. The minimum Gasteiger partial charge on any atom is -0.480 e. The second kappa shape index (κ2) is 10.0. The van der Waals surface area contributed by atoms with Gasteiger partial charge in [-0.3, -0.25) is 19.7 Å². The molecule has 3 amide bonds. The van der Waals surface area contributed by atoms with E-state index in [2.05, 4.69) is 25.6 Å². The van der Waals surface area contributed by atoms with Gasteiger partial charge >= 0.3 is 5.97 Å². The Morgan fingerprint density at radius 2 is 1.89 bits per heavy atom. The van der Waals surface area contributed by atoms with Crippen LogP contribution in [0.1, 0.15) is 34.3 Å². The Morgan fingerprint density at radius 3 is 2.54 bits per heavy atom. The standard InChI is InChI=1S/C22H23N7O5S/c23-16-15-12(9-25-17(15)28-21(24)27-16)6-3-10-1-4-11(5-2-10)18(30)26-13(20(32)33)7-8-14-19(31)29-22(34)35-14/h1-2,4-5,9,13-14H,3,6-8H2,(H,26,30)(H,32,33)(H,29,31,34)(H5,23,24,25,27,28)/t13-,14?/m0/s1. The molecule has 0 radical (unpaired) electrons. The summed E-state index contributed by atoms with van der Waals surface area (Å²) >= 11 is 0.823. The number of amides is 3. The number of benzene rings is 1. The van der Waals surface area contributed by atoms with E-state index in [4.69, 9.17) is 11.5 Å². The van der Waals surface area contributed by atoms with E-state index in [1.54, 1.807) is 24.3 Å². The van der Waals surface area contributed by atoms with Crippen molar-refractivity contribution in [2.75, 3.05) is 11.5 Å². The Morgan fingerprint density at radius 1 is 1.14 bits per heavy atom. The molecule has 0 spiro atoms. The van der Waals surface area contributed by atoms with Crippen molar-refractivity contribution in [1.82, 2.24) is 25.6 Å². The number of fused-ring (bicyclic) bond motifs is 1. The van der Waals surface area contributed by atoms with Gasteiger partial charge in [0.15, 0.2) is 0 Å². The van der Waals surface area contributed by atoms with Gasteiger partial charge in [-0.2, -0.15) is 9.97 Å². The van der Waals surface area contributed by atoms with E-state index in [9.17, 15) is 24.3 Å². The van der Waals surface area contributed by atoms with Gasteiger partial charge in [-0.05, 0) is 48.9 Å². The first-order valence-corrected chi connectivity index (χ1v) is 11.6. The van der Waals surface area contributed by atoms with Crippen molar-refractivity contribution in [3.8, 4) is 0 Å². The number of aliphatic carboxylic acids is 1. The number of nitrogens with one attached hydrogen (secondary N) is 3. The van der Waals surface area contributed by atoms with E-state index in [1.807, 2.05) is 6.20 Å². The van der Waals surface area contributed by atoms with E-state index < -0.39 is 34.3 Å². The summed E-state index contributed by atoms with van der Waals surface area (Å²) < 4.78 is 0. The maximum Gasteiger partial charge on any atom is 0.326 e. The molecule has 0 bridgehead atoms. The van der Waals surface area contributed by atoms with E-state index >= 15 is 0 Å². The first-order valence-electron chi connectivity index (χ1n) is 10.7. The van der Waals surface area contributed by atoms with Crippen molar-refractivity contribution in [3.63, 3.8) is 0 Å². The number of nitrogen functional groups attached to an aromatic ring is 2. The highest BCUT2D eigenvalue weighted by Gasteiger charge is 2.33. The maximum absolute atomic E-state index is 12.6. The fourth-order valence-corrected chi connectivity index (χ4v) is 4.68. The molecule has 35 heavy (non-hydrogen) atoms. The molecule has 1 fully saturated rings. The molecule has 13 heteroatoms. The van der Waals surface area contributed by atoms with Crippen LogP contribution in [0.5, 0.6) is 0 Å². The second-order valence-corrected chi connectivity index (χ2v) is 9.20. The van der Waals surface area contributed by atoms with Crippen LogP contribution in [0.3, 0.4) is 0 Å². The molecule has 8 N–H and O–H groups in total. The summed E-state index contributed by atoms with van der Waals surface area (Å²) in [4.78, 5) is 58.3. The lowest BCUT2D eigenvalue weighted by molar-refractivity contribution is -0.139. The summed E-state index contributed by atoms with van der Waals surface area (Å²) in [6.07, 6.45) is 3.29. The highest BCUT2D eigenvalue weighted by atomic mass is 32.2. The van der Waals surface area contributed by atoms with Crippen LogP contribution in [0.2, 0.25) is 0 Å². The number of carbonyl (C=O) groups is 4. The zero-order chi connectivity index (χ0) is 25.1. The number of carboxylic acid groups (broad SMARTS) is 1. The molecule has 12 nitrogen and oxygen atoms in total. The van der Waals surface area contributed by atoms with Crippen molar-refractivity contribution in [2.45, 2.75) is 37.0 Å². The normalized spacial score (nSPS) is 16.3. The molecule has 4 rings (SSSR count). The average Bonchev–Trinajstić information content (AvgIpc) is 3.36. The number of carboxylic acids is 1. The zero-order valence-corrected chi connectivity index (χ0v) is 19.2. The van der Waals surface area contributed by atoms with Crippen LogP contribution in [-0.4, -0.2) is 54.4 Å². The van der Waals surface area contributed by atoms with Crippen LogP contribution in [0.15, 0.2) is 30.5 Å². The number of imide groups is 1. The van der Waals surface area contributed by atoms with Crippen LogP contribution in [0.4, 0.5) is 16.6 Å². The lowest BCUT2D eigenvalue weighted by atomic mass is 10.0. The molecule has 3 aromatic rings. The number of hydrogen-bond donors (Lipinski definition) is 6. The predicted molar refractivity (Wildman–Crippen MR) is 130 cm³/mol. The topological polar surface area (TPSA) is 206 Å². The Kier molecular flexibility index (Phi) is 6.87. The van der Waals surface area contributed by atoms with Crippen LogP contribution in [-0.2, 0) is 22.4 Å². The first-order chi connectivity index (χ1) is 16.7. The lowest BCUT2D eigenvalue weighted by Crippen LogP contribution is -2.41. The number of nitrogens with two attached hydrogens (primary N) is 2. The van der Waals surface area contributed by atoms with Crippen LogP contribution < -0.4 is 22.1 Å². The highest BCUT2D eigenvalue weighted by Crippen LogP contribution is 2.25. The number of anilines is 2. The van der Waals surface area contributed by atoms with E-state index in [1.165, 1.54) is 0 Å². The average molecular weight is 498 g/mol. The van der Waals surface area contributed by atoms with Crippen LogP contribution >= 0.6 is 11.8 Å². The number of rotatable bonds is 9. The molecule has 1 aromatic carbocycles. The minimum absolute atomic E-state index is 0.0145. The number of aromatic nitrogens is 3. The highest BCUT2D eigenvalue weighted by molar-refractivity contribution is 8.15. The van der Waals surface area contributed by atoms with Gasteiger partial charge in [-0.25, -0.2) is 4.79 Å². The van der Waals surface area contributed by atoms with Crippen molar-refractivity contribution in [3.05, 3.63) is 47.2 Å². The third-order valence-corrected chi connectivity index (χ3v) is 6.70. The minimum atomic E-state index is -1.21. The third-order valence-electron chi connectivity index (χ3n) is 5.65. The third kappa shape index (κ3) is 5.51. The Balaban J connectivity index is 1.34. The summed E-state index contributed by atoms with van der Waals surface area (Å²) in [5.74, 6) is -1.79. The molecular weight excluding hydrogens is 474 g/mol. The Hall–Kier alpha value is -4.13. The van der Waals surface area contributed by atoms with Gasteiger partial charge in [0.05, 0.1) is 10.6 Å². The molecule has 3 heterocycles. The van der Waals surface area contributed by atoms with Crippen molar-refractivity contribution < 1.29 is 24.3 Å². The zero-order valence-electron chi connectivity index (χ0n) is 18.4. The van der Waals surface area contributed by atoms with Crippen molar-refractivity contribution in [2.24, 2.45) is 0 Å². The van der Waals surface area contributed by atoms with Crippen LogP contribution in [0.25, 0.3) is 11.0 Å². The van der Waals surface area contributed by atoms with Crippen molar-refractivity contribution in [1.29, 1.82) is 0 Å². The first kappa shape index (κ1) is 24.0. The van der Waals surface area contributed by atoms with Gasteiger partial charge < -0.3 is 26.9 Å². The summed E-state index contributed by atoms with van der Waals surface area (Å²) in [7, 11) is 0. The molecule has 1 aliphatic rings. The SMILES string of the molecule is Nc1nc(N)c2c(CCc3ccc(C(=O)N[C@@H](CCC4SC(=O)NC4=O)C(=O)O)cc3)c[nH]c2n1. The summed E-state index contributed by atoms with van der Waals surface area (Å²) in [5, 5.41) is 13.7. The number of H-pyrrole nitrogens is 1. The molecule has 2 atom stereocenters. The number of carbonyl (C=O) groups excluding carboxylic acids is 3. The summed E-state index contributed by atoms with van der Waals surface area (Å²) in [6, 6.07) is 5.64. The van der Waals surface area contributed by atoms with Gasteiger partial charge in [-0.15, -0.1) is 0 Å². The molecule has 0 saturated carbocycles. The van der Waals surface area contributed by atoms with Crippen molar-refractivity contribution >= 4 is 57.6 Å². The number of thioether (sulfide) groups is 1. The molecular formula is C22H23N7O5S. The van der Waals surface area contributed by atoms with Gasteiger partial charge in [0.2, 0.25) is 11.9 Å². The quantitative estimate of drug-likeness (QED) is 0.249. The molecule has 1 saturated heterocycles. The number of aryl methyl sites for hydroxylation is 2. The Bertz CT molecular complexity index is 1310. The molecule has 0 aliphatic carbocycles. The van der Waals surface area contributed by atoms with Gasteiger partial charge in [0.25, 0.3) is 11.1 Å². The van der Waals surface area contributed by atoms with Gasteiger partial charge in [0, 0.05) is 11.8 Å². The Labute approximate surface area is 203 Å². The molecule has 1 unspecified atom stereocenters. The number of hydrogen-bond acceptors (Lipinski definition) is 9. The second-order valence-electron chi connectivity index (χ2n) is 8.03. The lowest BCUT2D eigenvalue weighted by Gasteiger charge is -2.15. The smallest absolute Gasteiger partial charge is 0.326 e. The van der Waals surface area contributed by atoms with Gasteiger partial charge in [-0.1, -0.05) is 23.9 Å². The van der Waals surface area contributed by atoms with Gasteiger partial charge in [0.1, 0.15) is 17.5 Å². The predicted octanol–water partition coefficient (Wildman–Crippen LogP) is 1.22. The summed E-state index contributed by atoms with van der Waals surface area (Å²) in [6.45, 7) is 0. The fourth-order valence-electron chi connectivity index (χ4n) is 3.84. The monoisotopic (exact) mass is 497 g/mol. The molecule has 1 aliphatic heterocycles. The summed E-state index contributed by atoms with van der Waals surface area (Å²) in [5.41, 5.74) is 14.4. The number of nitrogens with zero attached hydrogens (tertiary/aromatic N) is 2. The van der Waals surface area contributed by atoms with Crippen LogP contribution in [0, 0.1) is 0 Å². The molecule has 182 valence electrons. The molecule has 2 aromatic heterocycles. The van der Waals surface area contributed by atoms with E-state index in [0.717, 1.165) is 28.3 Å². The van der Waals surface area contributed by atoms with E-state index in [-0.39, 0.29) is 18.8 Å². The fraction of sp³-hybridized carbons (Fsp3) is 0.273. The number of aromatic amines is 1. The van der Waals surface area contributed by atoms with E-state index in [0.29, 0.717) is 29.9 Å².